The van der Waals surface area contributed by atoms with Crippen molar-refractivity contribution >= 4 is 28.6 Å². The molecule has 4 heterocycles. The van der Waals surface area contributed by atoms with Crippen molar-refractivity contribution < 1.29 is 4.74 Å². The number of piperidine rings is 1. The van der Waals surface area contributed by atoms with Gasteiger partial charge in [-0.3, -0.25) is 0 Å². The Morgan fingerprint density at radius 1 is 0.971 bits per heavy atom. The van der Waals surface area contributed by atoms with Gasteiger partial charge in [0, 0.05) is 45.8 Å². The van der Waals surface area contributed by atoms with Gasteiger partial charge >= 0.3 is 0 Å². The summed E-state index contributed by atoms with van der Waals surface area (Å²) in [5.74, 6) is 2.48. The van der Waals surface area contributed by atoms with E-state index in [1.54, 1.807) is 6.33 Å². The van der Waals surface area contributed by atoms with Gasteiger partial charge in [-0.1, -0.05) is 37.3 Å². The zero-order valence-corrected chi connectivity index (χ0v) is 20.2. The lowest BCUT2D eigenvalue weighted by molar-refractivity contribution is 0.122. The molecule has 0 radical (unpaired) electrons. The van der Waals surface area contributed by atoms with E-state index in [0.29, 0.717) is 19.3 Å². The molecule has 180 valence electrons. The Kier molecular flexibility index (Phi) is 7.01. The molecule has 0 bridgehead atoms. The molecule has 3 aromatic rings. The zero-order valence-electron chi connectivity index (χ0n) is 20.2. The molecule has 34 heavy (non-hydrogen) atoms. The minimum absolute atomic E-state index is 0.566. The highest BCUT2D eigenvalue weighted by molar-refractivity contribution is 5.94. The second-order valence-corrected chi connectivity index (χ2v) is 9.00. The number of aromatic nitrogens is 4. The molecule has 2 aliphatic heterocycles. The maximum Gasteiger partial charge on any atom is 0.228 e. The maximum absolute atomic E-state index is 5.60. The van der Waals surface area contributed by atoms with E-state index in [-0.39, 0.29) is 0 Å². The highest BCUT2D eigenvalue weighted by atomic mass is 16.5. The molecule has 1 aromatic carbocycles. The first-order valence-electron chi connectivity index (χ1n) is 12.3. The van der Waals surface area contributed by atoms with Crippen LogP contribution >= 0.6 is 0 Å². The van der Waals surface area contributed by atoms with Crippen LogP contribution in [0.4, 0.5) is 17.6 Å². The summed E-state index contributed by atoms with van der Waals surface area (Å²) in [6.07, 6.45) is 3.82. The van der Waals surface area contributed by atoms with E-state index in [1.165, 1.54) is 5.56 Å². The van der Waals surface area contributed by atoms with E-state index in [0.717, 1.165) is 80.7 Å². The van der Waals surface area contributed by atoms with Gasteiger partial charge in [0.2, 0.25) is 5.95 Å². The highest BCUT2D eigenvalue weighted by Crippen LogP contribution is 2.31. The number of hydrogen-bond donors (Lipinski definition) is 1. The topological polar surface area (TPSA) is 82.5 Å². The lowest BCUT2D eigenvalue weighted by atomic mass is 10.1. The molecule has 0 atom stereocenters. The van der Waals surface area contributed by atoms with Crippen molar-refractivity contribution in [3.8, 4) is 0 Å². The van der Waals surface area contributed by atoms with Crippen molar-refractivity contribution in [1.29, 1.82) is 0 Å². The van der Waals surface area contributed by atoms with Crippen LogP contribution in [-0.4, -0.2) is 79.0 Å². The molecule has 2 saturated heterocycles. The summed E-state index contributed by atoms with van der Waals surface area (Å²) in [5.41, 5.74) is 2.84. The molecule has 2 fully saturated rings. The Bertz CT molecular complexity index is 1080. The minimum atomic E-state index is 0.566. The molecule has 9 nitrogen and oxygen atoms in total. The summed E-state index contributed by atoms with van der Waals surface area (Å²) in [7, 11) is 2.06. The Balaban J connectivity index is 1.52. The maximum atomic E-state index is 5.60. The van der Waals surface area contributed by atoms with Crippen molar-refractivity contribution in [2.24, 2.45) is 0 Å². The second-order valence-electron chi connectivity index (χ2n) is 9.00. The van der Waals surface area contributed by atoms with Gasteiger partial charge in [-0.2, -0.15) is 4.98 Å². The number of benzene rings is 1. The quantitative estimate of drug-likeness (QED) is 0.569. The van der Waals surface area contributed by atoms with Gasteiger partial charge < -0.3 is 24.8 Å². The molecular formula is C25H34N8O. The van der Waals surface area contributed by atoms with Crippen molar-refractivity contribution in [3.63, 3.8) is 0 Å². The second kappa shape index (κ2) is 10.5. The zero-order chi connectivity index (χ0) is 23.3. The van der Waals surface area contributed by atoms with E-state index in [1.807, 2.05) is 6.07 Å². The molecule has 0 unspecified atom stereocenters. The highest BCUT2D eigenvalue weighted by Gasteiger charge is 2.26. The van der Waals surface area contributed by atoms with E-state index >= 15 is 0 Å². The predicted molar refractivity (Wildman–Crippen MR) is 136 cm³/mol. The van der Waals surface area contributed by atoms with Gasteiger partial charge in [-0.25, -0.2) is 15.0 Å². The van der Waals surface area contributed by atoms with Crippen LogP contribution in [0.25, 0.3) is 11.0 Å². The molecule has 2 aromatic heterocycles. The fraction of sp³-hybridized carbons (Fsp3) is 0.520. The van der Waals surface area contributed by atoms with Crippen molar-refractivity contribution in [1.82, 2.24) is 25.3 Å². The number of nitrogens with one attached hydrogen (secondary N) is 1. The van der Waals surface area contributed by atoms with Crippen LogP contribution in [0.2, 0.25) is 0 Å². The van der Waals surface area contributed by atoms with Gasteiger partial charge in [0.15, 0.2) is 11.6 Å². The fourth-order valence-electron chi connectivity index (χ4n) is 4.83. The summed E-state index contributed by atoms with van der Waals surface area (Å²) < 4.78 is 5.60. The Morgan fingerprint density at radius 3 is 2.47 bits per heavy atom. The number of nitrogens with zero attached hydrogens (tertiary/aromatic N) is 7. The molecular weight excluding hydrogens is 428 g/mol. The van der Waals surface area contributed by atoms with Crippen molar-refractivity contribution in [2.75, 3.05) is 67.7 Å². The average Bonchev–Trinajstić information content (AvgIpc) is 2.89. The Labute approximate surface area is 201 Å². The number of ether oxygens (including phenoxy) is 1. The molecule has 5 rings (SSSR count). The molecule has 0 spiro atoms. The normalized spacial score (nSPS) is 17.4. The lowest BCUT2D eigenvalue weighted by Gasteiger charge is -2.34. The number of morpholine rings is 1. The SMILES string of the molecule is CCNC1CCN(c2nc(N3CCOCC3)c3ncnc(N(C)Cc4ccccc4)c3n2)CC1. The van der Waals surface area contributed by atoms with Gasteiger partial charge in [0.05, 0.1) is 13.2 Å². The molecule has 0 saturated carbocycles. The minimum Gasteiger partial charge on any atom is -0.378 e. The predicted octanol–water partition coefficient (Wildman–Crippen LogP) is 2.47. The van der Waals surface area contributed by atoms with Crippen LogP contribution in [0.3, 0.4) is 0 Å². The monoisotopic (exact) mass is 462 g/mol. The molecule has 2 aliphatic rings. The van der Waals surface area contributed by atoms with E-state index < -0.39 is 0 Å². The van der Waals surface area contributed by atoms with Crippen LogP contribution in [0.1, 0.15) is 25.3 Å². The molecule has 0 amide bonds. The third-order valence-corrected chi connectivity index (χ3v) is 6.64. The third-order valence-electron chi connectivity index (χ3n) is 6.64. The smallest absolute Gasteiger partial charge is 0.228 e. The average molecular weight is 463 g/mol. The van der Waals surface area contributed by atoms with Crippen LogP contribution in [0.5, 0.6) is 0 Å². The number of hydrogen-bond acceptors (Lipinski definition) is 9. The Morgan fingerprint density at radius 2 is 1.74 bits per heavy atom. The number of rotatable bonds is 7. The first-order chi connectivity index (χ1) is 16.7. The number of fused-ring (bicyclic) bond motifs is 1. The van der Waals surface area contributed by atoms with Gasteiger partial charge in [-0.05, 0) is 24.9 Å². The van der Waals surface area contributed by atoms with Gasteiger partial charge in [0.1, 0.15) is 17.4 Å². The molecule has 9 heteroatoms. The standard InChI is InChI=1S/C25H34N8O/c1-3-26-20-9-11-33(12-10-20)25-29-22-21(24(30-25)32-13-15-34-16-14-32)27-18-28-23(22)31(2)17-19-7-5-4-6-8-19/h4-8,18,20,26H,3,9-17H2,1-2H3. The summed E-state index contributed by atoms with van der Waals surface area (Å²) in [4.78, 5) is 26.2. The first-order valence-corrected chi connectivity index (χ1v) is 12.3. The molecule has 0 aliphatic carbocycles. The fourth-order valence-corrected chi connectivity index (χ4v) is 4.83. The van der Waals surface area contributed by atoms with Gasteiger partial charge in [0.25, 0.3) is 0 Å². The van der Waals surface area contributed by atoms with E-state index in [2.05, 4.69) is 68.2 Å². The summed E-state index contributed by atoms with van der Waals surface area (Å²) in [6.45, 7) is 8.78. The van der Waals surface area contributed by atoms with Crippen molar-refractivity contribution in [3.05, 3.63) is 42.2 Å². The van der Waals surface area contributed by atoms with Crippen LogP contribution in [-0.2, 0) is 11.3 Å². The van der Waals surface area contributed by atoms with Crippen molar-refractivity contribution in [2.45, 2.75) is 32.4 Å². The van der Waals surface area contributed by atoms with E-state index in [9.17, 15) is 0 Å². The first kappa shape index (κ1) is 22.7. The Hall–Kier alpha value is -3.04. The van der Waals surface area contributed by atoms with Crippen LogP contribution in [0, 0.1) is 0 Å². The molecule has 1 N–H and O–H groups in total. The van der Waals surface area contributed by atoms with Crippen LogP contribution in [0.15, 0.2) is 36.7 Å². The third kappa shape index (κ3) is 4.90. The largest absolute Gasteiger partial charge is 0.378 e. The summed E-state index contributed by atoms with van der Waals surface area (Å²) in [5, 5.41) is 3.58. The van der Waals surface area contributed by atoms with Crippen LogP contribution < -0.4 is 20.0 Å². The summed E-state index contributed by atoms with van der Waals surface area (Å²) in [6, 6.07) is 11.0. The van der Waals surface area contributed by atoms with E-state index in [4.69, 9.17) is 14.7 Å². The lowest BCUT2D eigenvalue weighted by Crippen LogP contribution is -2.43. The number of anilines is 3. The summed E-state index contributed by atoms with van der Waals surface area (Å²) >= 11 is 0. The van der Waals surface area contributed by atoms with Gasteiger partial charge in [-0.15, -0.1) is 0 Å².